The number of hydrogen-bond donors (Lipinski definition) is 2. The lowest BCUT2D eigenvalue weighted by Crippen LogP contribution is -2.14. The number of carbonyl (C=O) groups is 1. The molecule has 2 N–H and O–H groups in total. The molecule has 0 atom stereocenters. The fourth-order valence-electron chi connectivity index (χ4n) is 0.869. The van der Waals surface area contributed by atoms with Gasteiger partial charge < -0.3 is 9.84 Å². The summed E-state index contributed by atoms with van der Waals surface area (Å²) >= 11 is 5.33. The largest absolute Gasteiger partial charge is 0.508 e. The van der Waals surface area contributed by atoms with Crippen molar-refractivity contribution < 1.29 is 14.6 Å². The molecule has 0 aliphatic carbocycles. The standard InChI is InChI=1S/C9H10ClNO3/c10-4-5-14-9(13)11-7-2-1-3-8(12)6-7/h1-3,6,12H,4-5H2,(H,11,13). The van der Waals surface area contributed by atoms with Crippen molar-refractivity contribution in [3.8, 4) is 5.75 Å². The molecule has 5 heteroatoms. The first-order chi connectivity index (χ1) is 6.72. The Balaban J connectivity index is 2.47. The van der Waals surface area contributed by atoms with Crippen molar-refractivity contribution in [2.24, 2.45) is 0 Å². The zero-order chi connectivity index (χ0) is 10.4. The Morgan fingerprint density at radius 3 is 3.00 bits per heavy atom. The lowest BCUT2D eigenvalue weighted by molar-refractivity contribution is 0.168. The Kier molecular flexibility index (Phi) is 4.07. The summed E-state index contributed by atoms with van der Waals surface area (Å²) < 4.78 is 4.67. The van der Waals surface area contributed by atoms with Crippen LogP contribution in [-0.4, -0.2) is 23.7 Å². The van der Waals surface area contributed by atoms with E-state index in [4.69, 9.17) is 16.7 Å². The normalized spacial score (nSPS) is 9.50. The molecule has 1 rings (SSSR count). The van der Waals surface area contributed by atoms with Gasteiger partial charge in [0.25, 0.3) is 0 Å². The Morgan fingerprint density at radius 2 is 2.36 bits per heavy atom. The van der Waals surface area contributed by atoms with E-state index in [0.717, 1.165) is 0 Å². The maximum absolute atomic E-state index is 11.0. The van der Waals surface area contributed by atoms with Gasteiger partial charge in [0.2, 0.25) is 0 Å². The number of hydrogen-bond acceptors (Lipinski definition) is 3. The van der Waals surface area contributed by atoms with Crippen molar-refractivity contribution in [1.82, 2.24) is 0 Å². The molecule has 0 radical (unpaired) electrons. The summed E-state index contributed by atoms with van der Waals surface area (Å²) in [5, 5.41) is 11.5. The second-order valence-corrected chi connectivity index (χ2v) is 2.88. The van der Waals surface area contributed by atoms with Gasteiger partial charge in [-0.1, -0.05) is 6.07 Å². The summed E-state index contributed by atoms with van der Waals surface area (Å²) in [6.07, 6.45) is -0.587. The first-order valence-corrected chi connectivity index (χ1v) is 4.54. The van der Waals surface area contributed by atoms with Gasteiger partial charge >= 0.3 is 6.09 Å². The highest BCUT2D eigenvalue weighted by Crippen LogP contribution is 2.15. The molecular weight excluding hydrogens is 206 g/mol. The number of ether oxygens (including phenoxy) is 1. The summed E-state index contributed by atoms with van der Waals surface area (Å²) in [6.45, 7) is 0.159. The first kappa shape index (κ1) is 10.7. The van der Waals surface area contributed by atoms with E-state index < -0.39 is 6.09 Å². The quantitative estimate of drug-likeness (QED) is 0.760. The fourth-order valence-corrected chi connectivity index (χ4v) is 0.946. The Labute approximate surface area is 86.4 Å². The van der Waals surface area contributed by atoms with Gasteiger partial charge in [-0.25, -0.2) is 4.79 Å². The summed E-state index contributed by atoms with van der Waals surface area (Å²) in [4.78, 5) is 11.0. The summed E-state index contributed by atoms with van der Waals surface area (Å²) in [5.41, 5.74) is 0.476. The zero-order valence-corrected chi connectivity index (χ0v) is 8.12. The van der Waals surface area contributed by atoms with Gasteiger partial charge in [-0.15, -0.1) is 11.6 Å². The number of amides is 1. The van der Waals surface area contributed by atoms with Crippen molar-refractivity contribution in [2.45, 2.75) is 0 Å². The molecule has 0 unspecified atom stereocenters. The molecule has 1 aromatic carbocycles. The van der Waals surface area contributed by atoms with Crippen molar-refractivity contribution in [1.29, 1.82) is 0 Å². The van der Waals surface area contributed by atoms with Crippen molar-refractivity contribution in [3.63, 3.8) is 0 Å². The Bertz CT molecular complexity index is 317. The van der Waals surface area contributed by atoms with Crippen molar-refractivity contribution >= 4 is 23.4 Å². The zero-order valence-electron chi connectivity index (χ0n) is 7.37. The molecule has 0 aromatic heterocycles. The number of carbonyl (C=O) groups excluding carboxylic acids is 1. The van der Waals surface area contributed by atoms with E-state index >= 15 is 0 Å². The van der Waals surface area contributed by atoms with E-state index in [1.165, 1.54) is 12.1 Å². The molecule has 76 valence electrons. The predicted octanol–water partition coefficient (Wildman–Crippen LogP) is 2.18. The lowest BCUT2D eigenvalue weighted by Gasteiger charge is -2.05. The number of nitrogens with one attached hydrogen (secondary N) is 1. The molecule has 0 aliphatic rings. The summed E-state index contributed by atoms with van der Waals surface area (Å²) in [6, 6.07) is 6.19. The van der Waals surface area contributed by atoms with Crippen LogP contribution in [-0.2, 0) is 4.74 Å². The van der Waals surface area contributed by atoms with Crippen molar-refractivity contribution in [2.75, 3.05) is 17.8 Å². The maximum Gasteiger partial charge on any atom is 0.411 e. The van der Waals surface area contributed by atoms with Gasteiger partial charge in [0.05, 0.1) is 5.88 Å². The van der Waals surface area contributed by atoms with Crippen LogP contribution in [0.2, 0.25) is 0 Å². The van der Waals surface area contributed by atoms with Gasteiger partial charge in [0.15, 0.2) is 0 Å². The number of anilines is 1. The molecule has 0 fully saturated rings. The minimum atomic E-state index is -0.587. The second-order valence-electron chi connectivity index (χ2n) is 2.50. The number of benzene rings is 1. The van der Waals surface area contributed by atoms with Gasteiger partial charge in [-0.3, -0.25) is 5.32 Å². The molecule has 1 aromatic rings. The van der Waals surface area contributed by atoms with Crippen LogP contribution in [0.1, 0.15) is 0 Å². The molecule has 1 amide bonds. The SMILES string of the molecule is O=C(Nc1cccc(O)c1)OCCCl. The molecule has 0 aliphatic heterocycles. The summed E-state index contributed by atoms with van der Waals surface area (Å²) in [5.74, 6) is 0.341. The highest BCUT2D eigenvalue weighted by atomic mass is 35.5. The maximum atomic E-state index is 11.0. The van der Waals surface area contributed by atoms with E-state index in [2.05, 4.69) is 10.1 Å². The van der Waals surface area contributed by atoms with E-state index in [1.807, 2.05) is 0 Å². The third kappa shape index (κ3) is 3.53. The number of alkyl halides is 1. The molecule has 0 saturated carbocycles. The van der Waals surface area contributed by atoms with Gasteiger partial charge in [-0.05, 0) is 12.1 Å². The number of rotatable bonds is 3. The minimum Gasteiger partial charge on any atom is -0.508 e. The monoisotopic (exact) mass is 215 g/mol. The van der Waals surface area contributed by atoms with Gasteiger partial charge in [0.1, 0.15) is 12.4 Å². The number of aromatic hydroxyl groups is 1. The van der Waals surface area contributed by atoms with E-state index in [9.17, 15) is 4.79 Å². The van der Waals surface area contributed by atoms with Crippen LogP contribution in [0.5, 0.6) is 5.75 Å². The number of phenols is 1. The molecule has 0 bridgehead atoms. The first-order valence-electron chi connectivity index (χ1n) is 4.01. The average molecular weight is 216 g/mol. The molecule has 0 heterocycles. The van der Waals surface area contributed by atoms with E-state index in [1.54, 1.807) is 12.1 Å². The van der Waals surface area contributed by atoms with Crippen LogP contribution < -0.4 is 5.32 Å². The van der Waals surface area contributed by atoms with E-state index in [-0.39, 0.29) is 18.2 Å². The molecule has 14 heavy (non-hydrogen) atoms. The third-order valence-electron chi connectivity index (χ3n) is 1.40. The summed E-state index contributed by atoms with van der Waals surface area (Å²) in [7, 11) is 0. The Morgan fingerprint density at radius 1 is 1.57 bits per heavy atom. The number of phenolic OH excluding ortho intramolecular Hbond substituents is 1. The molecule has 4 nitrogen and oxygen atoms in total. The predicted molar refractivity (Wildman–Crippen MR) is 53.8 cm³/mol. The van der Waals surface area contributed by atoms with Crippen LogP contribution in [0.15, 0.2) is 24.3 Å². The van der Waals surface area contributed by atoms with Crippen LogP contribution in [0, 0.1) is 0 Å². The highest BCUT2D eigenvalue weighted by Gasteiger charge is 2.02. The lowest BCUT2D eigenvalue weighted by atomic mass is 10.3. The van der Waals surface area contributed by atoms with Crippen LogP contribution in [0.25, 0.3) is 0 Å². The second kappa shape index (κ2) is 5.34. The highest BCUT2D eigenvalue weighted by molar-refractivity contribution is 6.18. The fraction of sp³-hybridized carbons (Fsp3) is 0.222. The third-order valence-corrected chi connectivity index (χ3v) is 1.56. The Hall–Kier alpha value is -1.42. The topological polar surface area (TPSA) is 58.6 Å². The van der Waals surface area contributed by atoms with Crippen LogP contribution in [0.4, 0.5) is 10.5 Å². The van der Waals surface area contributed by atoms with Gasteiger partial charge in [0, 0.05) is 11.8 Å². The van der Waals surface area contributed by atoms with E-state index in [0.29, 0.717) is 5.69 Å². The molecular formula is C9H10ClNO3. The minimum absolute atomic E-state index is 0.0835. The molecule has 0 spiro atoms. The average Bonchev–Trinajstić information content (AvgIpc) is 2.15. The van der Waals surface area contributed by atoms with Crippen LogP contribution >= 0.6 is 11.6 Å². The smallest absolute Gasteiger partial charge is 0.411 e. The van der Waals surface area contributed by atoms with Gasteiger partial charge in [-0.2, -0.15) is 0 Å². The molecule has 0 saturated heterocycles. The number of halogens is 1. The van der Waals surface area contributed by atoms with Crippen LogP contribution in [0.3, 0.4) is 0 Å². The van der Waals surface area contributed by atoms with Crippen molar-refractivity contribution in [3.05, 3.63) is 24.3 Å².